The van der Waals surface area contributed by atoms with E-state index in [-0.39, 0.29) is 23.3 Å². The van der Waals surface area contributed by atoms with Crippen molar-refractivity contribution in [2.75, 3.05) is 19.6 Å². The second kappa shape index (κ2) is 5.93. The molecule has 0 bridgehead atoms. The molecule has 1 unspecified atom stereocenters. The van der Waals surface area contributed by atoms with Gasteiger partial charge in [0.2, 0.25) is 0 Å². The molecule has 1 saturated heterocycles. The van der Waals surface area contributed by atoms with Gasteiger partial charge in [0.05, 0.1) is 17.2 Å². The number of amides is 1. The number of nitro groups is 1. The fraction of sp³-hybridized carbons (Fsp3) is 0.538. The quantitative estimate of drug-likeness (QED) is 0.658. The van der Waals surface area contributed by atoms with Gasteiger partial charge in [0.25, 0.3) is 11.6 Å². The highest BCUT2D eigenvalue weighted by Crippen LogP contribution is 2.23. The van der Waals surface area contributed by atoms with Crippen LogP contribution >= 0.6 is 0 Å². The summed E-state index contributed by atoms with van der Waals surface area (Å²) >= 11 is 0. The molecule has 112 valence electrons. The van der Waals surface area contributed by atoms with Crippen LogP contribution in [0, 0.1) is 21.4 Å². The lowest BCUT2D eigenvalue weighted by atomic mass is 10.2. The van der Waals surface area contributed by atoms with E-state index in [2.05, 4.69) is 11.4 Å². The average molecular weight is 291 g/mol. The molecule has 0 spiro atoms. The highest BCUT2D eigenvalue weighted by molar-refractivity contribution is 5.94. The summed E-state index contributed by atoms with van der Waals surface area (Å²) in [6.45, 7) is 5.12. The molecule has 0 aliphatic carbocycles. The molecule has 1 aliphatic heterocycles. The van der Waals surface area contributed by atoms with Crippen molar-refractivity contribution in [3.8, 4) is 6.07 Å². The normalized spacial score (nSPS) is 18.6. The number of rotatable bonds is 3. The Bertz CT molecular complexity index is 601. The number of piperazine rings is 1. The molecule has 1 aromatic rings. The van der Waals surface area contributed by atoms with Gasteiger partial charge in [-0.2, -0.15) is 5.26 Å². The molecule has 0 radical (unpaired) electrons. The van der Waals surface area contributed by atoms with Crippen LogP contribution in [0.25, 0.3) is 0 Å². The van der Waals surface area contributed by atoms with E-state index in [4.69, 9.17) is 5.26 Å². The summed E-state index contributed by atoms with van der Waals surface area (Å²) in [5.41, 5.74) is 0.134. The molecular formula is C13H17N5O3. The lowest BCUT2D eigenvalue weighted by Crippen LogP contribution is -2.53. The monoisotopic (exact) mass is 291 g/mol. The van der Waals surface area contributed by atoms with Crippen molar-refractivity contribution in [2.24, 2.45) is 0 Å². The van der Waals surface area contributed by atoms with E-state index >= 15 is 0 Å². The number of nitrogens with zero attached hydrogens (tertiary/aromatic N) is 4. The standard InChI is InChI=1S/C13H17N5O3/c1-9(2)17-8-10(18(20)21)5-12(17)13(19)16-4-3-15-7-11(16)6-14/h5,8-9,11,15H,3-4,7H2,1-2H3. The summed E-state index contributed by atoms with van der Waals surface area (Å²) in [5, 5.41) is 23.1. The van der Waals surface area contributed by atoms with Gasteiger partial charge in [0.15, 0.2) is 0 Å². The maximum Gasteiger partial charge on any atom is 0.287 e. The zero-order valence-corrected chi connectivity index (χ0v) is 11.9. The third-order valence-electron chi connectivity index (χ3n) is 3.47. The van der Waals surface area contributed by atoms with Crippen LogP contribution < -0.4 is 5.32 Å². The Morgan fingerprint density at radius 3 is 2.90 bits per heavy atom. The van der Waals surface area contributed by atoms with Gasteiger partial charge in [-0.05, 0) is 13.8 Å². The van der Waals surface area contributed by atoms with E-state index in [1.54, 1.807) is 4.57 Å². The molecule has 0 aromatic carbocycles. The average Bonchev–Trinajstić information content (AvgIpc) is 2.92. The Labute approximate surface area is 122 Å². The fourth-order valence-corrected chi connectivity index (χ4v) is 2.37. The highest BCUT2D eigenvalue weighted by atomic mass is 16.6. The van der Waals surface area contributed by atoms with E-state index in [0.29, 0.717) is 19.6 Å². The molecule has 21 heavy (non-hydrogen) atoms. The minimum Gasteiger partial charge on any atom is -0.335 e. The van der Waals surface area contributed by atoms with Crippen molar-refractivity contribution in [1.82, 2.24) is 14.8 Å². The third-order valence-corrected chi connectivity index (χ3v) is 3.47. The Kier molecular flexibility index (Phi) is 4.23. The van der Waals surface area contributed by atoms with Gasteiger partial charge in [-0.15, -0.1) is 0 Å². The predicted molar refractivity (Wildman–Crippen MR) is 74.8 cm³/mol. The summed E-state index contributed by atoms with van der Waals surface area (Å²) < 4.78 is 1.58. The van der Waals surface area contributed by atoms with Crippen LogP contribution in [0.5, 0.6) is 0 Å². The van der Waals surface area contributed by atoms with Crippen molar-refractivity contribution in [3.05, 3.63) is 28.1 Å². The molecule has 1 atom stereocenters. The van der Waals surface area contributed by atoms with E-state index in [9.17, 15) is 14.9 Å². The van der Waals surface area contributed by atoms with Crippen molar-refractivity contribution < 1.29 is 9.72 Å². The van der Waals surface area contributed by atoms with Crippen LogP contribution in [0.3, 0.4) is 0 Å². The van der Waals surface area contributed by atoms with Crippen molar-refractivity contribution in [1.29, 1.82) is 5.26 Å². The number of carbonyl (C=O) groups is 1. The molecular weight excluding hydrogens is 274 g/mol. The first-order chi connectivity index (χ1) is 9.95. The Morgan fingerprint density at radius 2 is 2.33 bits per heavy atom. The van der Waals surface area contributed by atoms with Crippen LogP contribution in [0.1, 0.15) is 30.4 Å². The number of nitrogens with one attached hydrogen (secondary N) is 1. The van der Waals surface area contributed by atoms with Crippen LogP contribution in [0.2, 0.25) is 0 Å². The molecule has 2 rings (SSSR count). The van der Waals surface area contributed by atoms with E-state index in [0.717, 1.165) is 0 Å². The minimum atomic E-state index is -0.555. The van der Waals surface area contributed by atoms with Crippen molar-refractivity contribution in [2.45, 2.75) is 25.9 Å². The zero-order chi connectivity index (χ0) is 15.6. The Morgan fingerprint density at radius 1 is 1.62 bits per heavy atom. The van der Waals surface area contributed by atoms with Gasteiger partial charge < -0.3 is 14.8 Å². The van der Waals surface area contributed by atoms with Crippen LogP contribution in [0.4, 0.5) is 5.69 Å². The molecule has 1 N–H and O–H groups in total. The van der Waals surface area contributed by atoms with Gasteiger partial charge in [0.1, 0.15) is 11.7 Å². The smallest absolute Gasteiger partial charge is 0.287 e. The number of hydrogen-bond acceptors (Lipinski definition) is 5. The summed E-state index contributed by atoms with van der Waals surface area (Å²) in [7, 11) is 0. The van der Waals surface area contributed by atoms with Crippen LogP contribution in [-0.4, -0.2) is 46.0 Å². The maximum absolute atomic E-state index is 12.6. The van der Waals surface area contributed by atoms with Gasteiger partial charge in [0, 0.05) is 31.7 Å². The number of hydrogen-bond donors (Lipinski definition) is 1. The third kappa shape index (κ3) is 2.87. The van der Waals surface area contributed by atoms with Crippen molar-refractivity contribution in [3.63, 3.8) is 0 Å². The molecule has 1 aromatic heterocycles. The number of carbonyl (C=O) groups excluding carboxylic acids is 1. The Balaban J connectivity index is 2.38. The van der Waals surface area contributed by atoms with Gasteiger partial charge >= 0.3 is 0 Å². The molecule has 0 saturated carbocycles. The molecule has 8 heteroatoms. The lowest BCUT2D eigenvalue weighted by molar-refractivity contribution is -0.384. The number of nitriles is 1. The number of aromatic nitrogens is 1. The maximum atomic E-state index is 12.6. The topological polar surface area (TPSA) is 104 Å². The first kappa shape index (κ1) is 15.0. The van der Waals surface area contributed by atoms with Gasteiger partial charge in [-0.3, -0.25) is 14.9 Å². The van der Waals surface area contributed by atoms with Crippen LogP contribution in [-0.2, 0) is 0 Å². The largest absolute Gasteiger partial charge is 0.335 e. The minimum absolute atomic E-state index is 0.0823. The Hall–Kier alpha value is -2.40. The predicted octanol–water partition coefficient (Wildman–Crippen LogP) is 0.915. The fourth-order valence-electron chi connectivity index (χ4n) is 2.37. The summed E-state index contributed by atoms with van der Waals surface area (Å²) in [4.78, 5) is 24.5. The summed E-state index contributed by atoms with van der Waals surface area (Å²) in [6.07, 6.45) is 1.36. The highest BCUT2D eigenvalue weighted by Gasteiger charge is 2.31. The van der Waals surface area contributed by atoms with Crippen LogP contribution in [0.15, 0.2) is 12.3 Å². The van der Waals surface area contributed by atoms with E-state index in [1.807, 2.05) is 13.8 Å². The van der Waals surface area contributed by atoms with Gasteiger partial charge in [-0.1, -0.05) is 0 Å². The molecule has 1 aliphatic rings. The SMILES string of the molecule is CC(C)n1cc([N+](=O)[O-])cc1C(=O)N1CCNCC1C#N. The molecule has 1 amide bonds. The summed E-state index contributed by atoms with van der Waals surface area (Å²) in [6, 6.07) is 2.72. The second-order valence-corrected chi connectivity index (χ2v) is 5.19. The van der Waals surface area contributed by atoms with Gasteiger partial charge in [-0.25, -0.2) is 0 Å². The van der Waals surface area contributed by atoms with E-state index in [1.165, 1.54) is 17.2 Å². The molecule has 8 nitrogen and oxygen atoms in total. The van der Waals surface area contributed by atoms with E-state index < -0.39 is 11.0 Å². The molecule has 2 heterocycles. The first-order valence-electron chi connectivity index (χ1n) is 6.73. The summed E-state index contributed by atoms with van der Waals surface area (Å²) in [5.74, 6) is -0.343. The zero-order valence-electron chi connectivity index (χ0n) is 11.9. The van der Waals surface area contributed by atoms with Crippen molar-refractivity contribution >= 4 is 11.6 Å². The molecule has 1 fully saturated rings. The first-order valence-corrected chi connectivity index (χ1v) is 6.73. The second-order valence-electron chi connectivity index (χ2n) is 5.19. The lowest BCUT2D eigenvalue weighted by Gasteiger charge is -2.32.